The Morgan fingerprint density at radius 2 is 1.79 bits per heavy atom. The average molecular weight is 345 g/mol. The van der Waals surface area contributed by atoms with Crippen molar-refractivity contribution in [2.75, 3.05) is 22.7 Å². The zero-order valence-corrected chi connectivity index (χ0v) is 14.4. The highest BCUT2D eigenvalue weighted by Gasteiger charge is 2.22. The Morgan fingerprint density at radius 3 is 2.42 bits per heavy atom. The fourth-order valence-corrected chi connectivity index (χ4v) is 3.71. The lowest BCUT2D eigenvalue weighted by Crippen LogP contribution is -2.27. The molecule has 0 spiro atoms. The number of rotatable bonds is 4. The Kier molecular flexibility index (Phi) is 4.19. The Hall–Kier alpha value is -2.54. The van der Waals surface area contributed by atoms with Gasteiger partial charge < -0.3 is 5.32 Å². The first-order valence-electron chi connectivity index (χ1n) is 7.63. The quantitative estimate of drug-likeness (QED) is 0.894. The van der Waals surface area contributed by atoms with Crippen molar-refractivity contribution in [2.24, 2.45) is 0 Å². The van der Waals surface area contributed by atoms with Crippen LogP contribution in [0.3, 0.4) is 0 Å². The third-order valence-electron chi connectivity index (χ3n) is 4.16. The maximum Gasteiger partial charge on any atom is 0.321 e. The first-order chi connectivity index (χ1) is 11.4. The third kappa shape index (κ3) is 3.07. The second-order valence-corrected chi connectivity index (χ2v) is 7.41. The number of benzene rings is 2. The van der Waals surface area contributed by atoms with Crippen molar-refractivity contribution < 1.29 is 13.2 Å². The first-order valence-corrected chi connectivity index (χ1v) is 9.11. The molecule has 2 aromatic rings. The van der Waals surface area contributed by atoms with Gasteiger partial charge in [-0.3, -0.25) is 9.62 Å². The van der Waals surface area contributed by atoms with E-state index in [2.05, 4.69) is 10.0 Å². The number of hydrogen-bond donors (Lipinski definition) is 2. The van der Waals surface area contributed by atoms with Gasteiger partial charge in [-0.05, 0) is 55.3 Å². The molecule has 2 aromatic carbocycles. The molecule has 0 unspecified atom stereocenters. The second kappa shape index (κ2) is 6.16. The summed E-state index contributed by atoms with van der Waals surface area (Å²) in [4.78, 5) is 13.4. The van der Waals surface area contributed by atoms with E-state index in [0.29, 0.717) is 24.5 Å². The number of anilines is 2. The number of aryl methyl sites for hydroxylation is 1. The van der Waals surface area contributed by atoms with Crippen molar-refractivity contribution in [3.63, 3.8) is 0 Å². The van der Waals surface area contributed by atoms with Crippen molar-refractivity contribution in [3.05, 3.63) is 53.6 Å². The van der Waals surface area contributed by atoms with Crippen LogP contribution < -0.4 is 14.9 Å². The van der Waals surface area contributed by atoms with E-state index in [1.165, 1.54) is 12.1 Å². The largest absolute Gasteiger partial charge is 0.336 e. The number of nitrogens with zero attached hydrogens (tertiary/aromatic N) is 1. The number of nitrogens with one attached hydrogen (secondary N) is 2. The average Bonchev–Trinajstić information content (AvgIpc) is 2.98. The maximum atomic E-state index is 12.6. The molecule has 0 bridgehead atoms. The van der Waals surface area contributed by atoms with Crippen molar-refractivity contribution in [3.8, 4) is 0 Å². The van der Waals surface area contributed by atoms with E-state index >= 15 is 0 Å². The molecule has 0 aliphatic carbocycles. The summed E-state index contributed by atoms with van der Waals surface area (Å²) in [5.41, 5.74) is 3.16. The SMILES string of the molecule is Cc1cccc(NS(=O)(=O)c2ccc(N3CCNC3=O)cc2)c1C. The summed E-state index contributed by atoms with van der Waals surface area (Å²) in [6.07, 6.45) is 0. The van der Waals surface area contributed by atoms with Gasteiger partial charge in [0, 0.05) is 18.8 Å². The van der Waals surface area contributed by atoms with Crippen LogP contribution in [-0.4, -0.2) is 27.5 Å². The van der Waals surface area contributed by atoms with Gasteiger partial charge in [0.15, 0.2) is 0 Å². The molecule has 1 heterocycles. The van der Waals surface area contributed by atoms with Crippen molar-refractivity contribution in [1.29, 1.82) is 0 Å². The van der Waals surface area contributed by atoms with Gasteiger partial charge in [0.25, 0.3) is 10.0 Å². The van der Waals surface area contributed by atoms with Gasteiger partial charge >= 0.3 is 6.03 Å². The van der Waals surface area contributed by atoms with Crippen LogP contribution in [0, 0.1) is 13.8 Å². The number of sulfonamides is 1. The van der Waals surface area contributed by atoms with Gasteiger partial charge in [0.1, 0.15) is 0 Å². The molecule has 0 saturated carbocycles. The molecule has 1 fully saturated rings. The van der Waals surface area contributed by atoms with Crippen LogP contribution in [0.5, 0.6) is 0 Å². The van der Waals surface area contributed by atoms with E-state index in [9.17, 15) is 13.2 Å². The Bertz CT molecular complexity index is 876. The van der Waals surface area contributed by atoms with Crippen LogP contribution in [0.2, 0.25) is 0 Å². The minimum absolute atomic E-state index is 0.159. The van der Waals surface area contributed by atoms with Crippen LogP contribution in [0.15, 0.2) is 47.4 Å². The van der Waals surface area contributed by atoms with Crippen LogP contribution in [0.25, 0.3) is 0 Å². The summed E-state index contributed by atoms with van der Waals surface area (Å²) in [6, 6.07) is 11.6. The lowest BCUT2D eigenvalue weighted by Gasteiger charge is -2.15. The predicted octanol–water partition coefficient (Wildman–Crippen LogP) is 2.63. The van der Waals surface area contributed by atoms with Crippen LogP contribution in [-0.2, 0) is 10.0 Å². The van der Waals surface area contributed by atoms with E-state index in [1.807, 2.05) is 26.0 Å². The van der Waals surface area contributed by atoms with Gasteiger partial charge in [-0.2, -0.15) is 0 Å². The second-order valence-electron chi connectivity index (χ2n) is 5.73. The number of carbonyl (C=O) groups excluding carboxylic acids is 1. The molecule has 1 aliphatic heterocycles. The molecule has 24 heavy (non-hydrogen) atoms. The Balaban J connectivity index is 1.85. The van der Waals surface area contributed by atoms with Gasteiger partial charge in [0.2, 0.25) is 0 Å². The smallest absolute Gasteiger partial charge is 0.321 e. The first kappa shape index (κ1) is 16.3. The van der Waals surface area contributed by atoms with Crippen LogP contribution in [0.4, 0.5) is 16.2 Å². The maximum absolute atomic E-state index is 12.6. The van der Waals surface area contributed by atoms with Gasteiger partial charge in [-0.15, -0.1) is 0 Å². The summed E-state index contributed by atoms with van der Waals surface area (Å²) in [7, 11) is -3.68. The third-order valence-corrected chi connectivity index (χ3v) is 5.55. The van der Waals surface area contributed by atoms with Crippen molar-refractivity contribution in [2.45, 2.75) is 18.7 Å². The molecule has 3 rings (SSSR count). The molecule has 1 saturated heterocycles. The molecule has 2 N–H and O–H groups in total. The number of carbonyl (C=O) groups is 1. The highest BCUT2D eigenvalue weighted by molar-refractivity contribution is 7.92. The topological polar surface area (TPSA) is 78.5 Å². The number of hydrogen-bond acceptors (Lipinski definition) is 3. The Labute approximate surface area is 141 Å². The zero-order valence-electron chi connectivity index (χ0n) is 13.5. The Morgan fingerprint density at radius 1 is 1.08 bits per heavy atom. The molecular formula is C17H19N3O3S. The molecule has 2 amide bonds. The molecule has 0 radical (unpaired) electrons. The fraction of sp³-hybridized carbons (Fsp3) is 0.235. The van der Waals surface area contributed by atoms with Gasteiger partial charge in [-0.1, -0.05) is 12.1 Å². The highest BCUT2D eigenvalue weighted by atomic mass is 32.2. The van der Waals surface area contributed by atoms with E-state index < -0.39 is 10.0 Å². The monoisotopic (exact) mass is 345 g/mol. The van der Waals surface area contributed by atoms with Gasteiger partial charge in [0.05, 0.1) is 10.6 Å². The van der Waals surface area contributed by atoms with Crippen molar-refractivity contribution >= 4 is 27.4 Å². The minimum atomic E-state index is -3.68. The summed E-state index contributed by atoms with van der Waals surface area (Å²) < 4.78 is 27.7. The molecule has 6 nitrogen and oxygen atoms in total. The van der Waals surface area contributed by atoms with Crippen LogP contribution >= 0.6 is 0 Å². The molecule has 0 atom stereocenters. The standard InChI is InChI=1S/C17H19N3O3S/c1-12-4-3-5-16(13(12)2)19-24(22,23)15-8-6-14(7-9-15)20-11-10-18-17(20)21/h3-9,19H,10-11H2,1-2H3,(H,18,21). The molecule has 7 heteroatoms. The molecule has 0 aromatic heterocycles. The van der Waals surface area contributed by atoms with E-state index in [1.54, 1.807) is 23.1 Å². The summed E-state index contributed by atoms with van der Waals surface area (Å²) in [6.45, 7) is 4.98. The van der Waals surface area contributed by atoms with Crippen molar-refractivity contribution in [1.82, 2.24) is 5.32 Å². The van der Waals surface area contributed by atoms with Gasteiger partial charge in [-0.25, -0.2) is 13.2 Å². The predicted molar refractivity (Wildman–Crippen MR) is 93.9 cm³/mol. The van der Waals surface area contributed by atoms with E-state index in [4.69, 9.17) is 0 Å². The normalized spacial score (nSPS) is 14.6. The lowest BCUT2D eigenvalue weighted by molar-refractivity contribution is 0.252. The van der Waals surface area contributed by atoms with Crippen LogP contribution in [0.1, 0.15) is 11.1 Å². The zero-order chi connectivity index (χ0) is 17.3. The van der Waals surface area contributed by atoms with E-state index in [0.717, 1.165) is 11.1 Å². The number of amides is 2. The lowest BCUT2D eigenvalue weighted by atomic mass is 10.1. The molecule has 126 valence electrons. The number of urea groups is 1. The molecule has 1 aliphatic rings. The summed E-state index contributed by atoms with van der Waals surface area (Å²) in [5, 5.41) is 2.71. The highest BCUT2D eigenvalue weighted by Crippen LogP contribution is 2.24. The fourth-order valence-electron chi connectivity index (χ4n) is 2.59. The minimum Gasteiger partial charge on any atom is -0.336 e. The summed E-state index contributed by atoms with van der Waals surface area (Å²) >= 11 is 0. The summed E-state index contributed by atoms with van der Waals surface area (Å²) in [5.74, 6) is 0. The van der Waals surface area contributed by atoms with E-state index in [-0.39, 0.29) is 10.9 Å². The molecular weight excluding hydrogens is 326 g/mol.